The largest absolute Gasteiger partial charge is 0.392 e. The molecule has 0 spiro atoms. The molecular weight excluding hydrogens is 192 g/mol. The molecule has 1 aromatic rings. The molecule has 0 aromatic carbocycles. The highest BCUT2D eigenvalue weighted by Crippen LogP contribution is 2.33. The maximum absolute atomic E-state index is 10.0. The summed E-state index contributed by atoms with van der Waals surface area (Å²) in [5.41, 5.74) is 0. The monoisotopic (exact) mass is 210 g/mol. The molecule has 1 saturated carbocycles. The van der Waals surface area contributed by atoms with E-state index in [1.54, 1.807) is 7.05 Å². The van der Waals surface area contributed by atoms with Crippen LogP contribution in [0.2, 0.25) is 0 Å². The van der Waals surface area contributed by atoms with Crippen molar-refractivity contribution in [1.29, 1.82) is 0 Å². The number of aromatic nitrogens is 4. The van der Waals surface area contributed by atoms with Gasteiger partial charge in [-0.05, 0) is 29.9 Å². The normalized spacial score (nSPS) is 28.2. The number of hydrogen-bond acceptors (Lipinski definition) is 4. The summed E-state index contributed by atoms with van der Waals surface area (Å²) in [5, 5.41) is 21.7. The number of tetrazole rings is 1. The summed E-state index contributed by atoms with van der Waals surface area (Å²) in [7, 11) is 1.74. The van der Waals surface area contributed by atoms with Gasteiger partial charge in [0, 0.05) is 6.42 Å². The van der Waals surface area contributed by atoms with Crippen molar-refractivity contribution in [3.63, 3.8) is 0 Å². The minimum atomic E-state index is -0.306. The second-order valence-electron chi connectivity index (χ2n) is 4.64. The number of hydrogen-bond donors (Lipinski definition) is 1. The Morgan fingerprint density at radius 1 is 1.53 bits per heavy atom. The summed E-state index contributed by atoms with van der Waals surface area (Å²) < 4.78 is 0. The van der Waals surface area contributed by atoms with Crippen LogP contribution in [-0.4, -0.2) is 31.4 Å². The molecule has 5 heteroatoms. The molecule has 0 aliphatic heterocycles. The Kier molecular flexibility index (Phi) is 3.00. The van der Waals surface area contributed by atoms with E-state index < -0.39 is 0 Å². The quantitative estimate of drug-likeness (QED) is 0.791. The fourth-order valence-electron chi connectivity index (χ4n) is 2.36. The van der Waals surface area contributed by atoms with Crippen LogP contribution in [0.4, 0.5) is 0 Å². The third-order valence-electron chi connectivity index (χ3n) is 3.22. The maximum atomic E-state index is 10.0. The first kappa shape index (κ1) is 10.5. The minimum Gasteiger partial charge on any atom is -0.392 e. The number of rotatable bonds is 3. The van der Waals surface area contributed by atoms with Crippen molar-refractivity contribution in [1.82, 2.24) is 20.2 Å². The molecule has 5 nitrogen and oxygen atoms in total. The second kappa shape index (κ2) is 4.26. The number of aliphatic hydroxyl groups excluding tert-OH is 1. The zero-order valence-corrected chi connectivity index (χ0v) is 9.30. The average molecular weight is 210 g/mol. The first-order valence-corrected chi connectivity index (χ1v) is 5.56. The number of aliphatic hydroxyl groups is 1. The van der Waals surface area contributed by atoms with Crippen molar-refractivity contribution in [2.45, 2.75) is 38.7 Å². The Bertz CT molecular complexity index is 325. The maximum Gasteiger partial charge on any atom is 0.177 e. The van der Waals surface area contributed by atoms with E-state index in [9.17, 15) is 5.11 Å². The summed E-state index contributed by atoms with van der Waals surface area (Å²) in [6.07, 6.45) is 3.71. The van der Waals surface area contributed by atoms with Crippen LogP contribution in [0.5, 0.6) is 0 Å². The lowest BCUT2D eigenvalue weighted by atomic mass is 9.97. The van der Waals surface area contributed by atoms with Gasteiger partial charge in [-0.3, -0.25) is 0 Å². The van der Waals surface area contributed by atoms with Gasteiger partial charge in [0.15, 0.2) is 5.82 Å². The summed E-state index contributed by atoms with van der Waals surface area (Å²) in [5.74, 6) is 1.81. The van der Waals surface area contributed by atoms with Crippen LogP contribution in [0.15, 0.2) is 0 Å². The Morgan fingerprint density at radius 2 is 2.33 bits per heavy atom. The van der Waals surface area contributed by atoms with Gasteiger partial charge in [-0.25, -0.2) is 0 Å². The highest BCUT2D eigenvalue weighted by atomic mass is 16.3. The van der Waals surface area contributed by atoms with Crippen LogP contribution < -0.4 is 0 Å². The second-order valence-corrected chi connectivity index (χ2v) is 4.64. The van der Waals surface area contributed by atoms with E-state index in [-0.39, 0.29) is 6.10 Å². The molecule has 1 heterocycles. The van der Waals surface area contributed by atoms with Crippen LogP contribution in [0, 0.1) is 11.8 Å². The van der Waals surface area contributed by atoms with Gasteiger partial charge >= 0.3 is 0 Å². The van der Waals surface area contributed by atoms with Crippen molar-refractivity contribution in [2.24, 2.45) is 18.9 Å². The van der Waals surface area contributed by atoms with Crippen molar-refractivity contribution in [3.8, 4) is 0 Å². The van der Waals surface area contributed by atoms with Crippen LogP contribution >= 0.6 is 0 Å². The SMILES string of the molecule is CC1CCC(C(O)Cc2nnn(C)n2)C1. The molecule has 0 amide bonds. The lowest BCUT2D eigenvalue weighted by Crippen LogP contribution is -2.21. The highest BCUT2D eigenvalue weighted by molar-refractivity contribution is 4.87. The van der Waals surface area contributed by atoms with E-state index >= 15 is 0 Å². The van der Waals surface area contributed by atoms with E-state index in [1.165, 1.54) is 11.2 Å². The van der Waals surface area contributed by atoms with Gasteiger partial charge < -0.3 is 5.11 Å². The van der Waals surface area contributed by atoms with Gasteiger partial charge in [0.05, 0.1) is 13.2 Å². The molecule has 0 bridgehead atoms. The summed E-state index contributed by atoms with van der Waals surface area (Å²) in [4.78, 5) is 1.43. The van der Waals surface area contributed by atoms with Crippen molar-refractivity contribution < 1.29 is 5.11 Å². The molecule has 1 N–H and O–H groups in total. The van der Waals surface area contributed by atoms with Crippen LogP contribution in [0.3, 0.4) is 0 Å². The van der Waals surface area contributed by atoms with Gasteiger partial charge in [0.1, 0.15) is 0 Å². The fourth-order valence-corrected chi connectivity index (χ4v) is 2.36. The van der Waals surface area contributed by atoms with Crippen LogP contribution in [-0.2, 0) is 13.5 Å². The fraction of sp³-hybridized carbons (Fsp3) is 0.900. The zero-order valence-electron chi connectivity index (χ0n) is 9.30. The van der Waals surface area contributed by atoms with E-state index in [0.29, 0.717) is 18.2 Å². The average Bonchev–Trinajstić information content (AvgIpc) is 2.75. The standard InChI is InChI=1S/C10H18N4O/c1-7-3-4-8(5-7)9(15)6-10-11-13-14(2)12-10/h7-9,15H,3-6H2,1-2H3. The van der Waals surface area contributed by atoms with E-state index in [4.69, 9.17) is 0 Å². The van der Waals surface area contributed by atoms with Gasteiger partial charge in [-0.2, -0.15) is 4.80 Å². The van der Waals surface area contributed by atoms with E-state index in [2.05, 4.69) is 22.3 Å². The summed E-state index contributed by atoms with van der Waals surface area (Å²) in [6, 6.07) is 0. The van der Waals surface area contributed by atoms with Gasteiger partial charge in [0.2, 0.25) is 0 Å². The molecule has 1 aliphatic carbocycles. The predicted octanol–water partition coefficient (Wildman–Crippen LogP) is 0.550. The van der Waals surface area contributed by atoms with Crippen molar-refractivity contribution >= 4 is 0 Å². The molecule has 0 saturated heterocycles. The molecule has 3 unspecified atom stereocenters. The number of aryl methyl sites for hydroxylation is 1. The highest BCUT2D eigenvalue weighted by Gasteiger charge is 2.28. The lowest BCUT2D eigenvalue weighted by Gasteiger charge is -2.15. The van der Waals surface area contributed by atoms with E-state index in [0.717, 1.165) is 18.8 Å². The molecular formula is C10H18N4O. The Balaban J connectivity index is 1.89. The van der Waals surface area contributed by atoms with Crippen molar-refractivity contribution in [2.75, 3.05) is 0 Å². The predicted molar refractivity (Wildman–Crippen MR) is 55.0 cm³/mol. The molecule has 1 fully saturated rings. The Morgan fingerprint density at radius 3 is 2.87 bits per heavy atom. The lowest BCUT2D eigenvalue weighted by molar-refractivity contribution is 0.107. The Hall–Kier alpha value is -0.970. The third-order valence-corrected chi connectivity index (χ3v) is 3.22. The molecule has 0 radical (unpaired) electrons. The van der Waals surface area contributed by atoms with Gasteiger partial charge in [-0.15, -0.1) is 10.2 Å². The van der Waals surface area contributed by atoms with Crippen LogP contribution in [0.25, 0.3) is 0 Å². The smallest absolute Gasteiger partial charge is 0.177 e. The summed E-state index contributed by atoms with van der Waals surface area (Å²) >= 11 is 0. The van der Waals surface area contributed by atoms with Crippen molar-refractivity contribution in [3.05, 3.63) is 5.82 Å². The summed E-state index contributed by atoms with van der Waals surface area (Å²) in [6.45, 7) is 2.24. The topological polar surface area (TPSA) is 63.8 Å². The van der Waals surface area contributed by atoms with Gasteiger partial charge in [-0.1, -0.05) is 13.3 Å². The molecule has 1 aromatic heterocycles. The van der Waals surface area contributed by atoms with Gasteiger partial charge in [0.25, 0.3) is 0 Å². The molecule has 1 aliphatic rings. The zero-order chi connectivity index (χ0) is 10.8. The first-order valence-electron chi connectivity index (χ1n) is 5.56. The molecule has 15 heavy (non-hydrogen) atoms. The first-order chi connectivity index (χ1) is 7.15. The minimum absolute atomic E-state index is 0.306. The van der Waals surface area contributed by atoms with Crippen LogP contribution in [0.1, 0.15) is 32.0 Å². The molecule has 3 atom stereocenters. The third kappa shape index (κ3) is 2.53. The number of nitrogens with zero attached hydrogens (tertiary/aromatic N) is 4. The molecule has 2 rings (SSSR count). The Labute approximate surface area is 89.5 Å². The van der Waals surface area contributed by atoms with E-state index in [1.807, 2.05) is 0 Å². The molecule has 84 valence electrons.